The summed E-state index contributed by atoms with van der Waals surface area (Å²) < 4.78 is 39.4. The quantitative estimate of drug-likeness (QED) is 0.0111. The summed E-state index contributed by atoms with van der Waals surface area (Å²) in [4.78, 5) is 35.9. The molecule has 0 aromatic heterocycles. The van der Waals surface area contributed by atoms with Crippen molar-refractivity contribution in [2.45, 2.75) is 229 Å². The number of aliphatic hydroxyl groups is 5. The summed E-state index contributed by atoms with van der Waals surface area (Å²) in [6, 6.07) is 0. The van der Waals surface area contributed by atoms with Crippen molar-refractivity contribution in [3.8, 4) is 0 Å². The molecule has 0 aromatic rings. The topological polar surface area (TPSA) is 222 Å². The molecule has 2 rings (SSSR count). The van der Waals surface area contributed by atoms with E-state index in [-0.39, 0.29) is 25.0 Å². The molecular weight excluding hydrogens is 880 g/mol. The summed E-state index contributed by atoms with van der Waals surface area (Å²) in [5.41, 5.74) is 0. The summed E-state index contributed by atoms with van der Waals surface area (Å²) >= 11 is 0. The molecule has 0 spiro atoms. The van der Waals surface area contributed by atoms with Crippen molar-refractivity contribution in [1.29, 1.82) is 0 Å². The molecule has 384 valence electrons. The van der Waals surface area contributed by atoms with Crippen molar-refractivity contribution in [2.75, 3.05) is 13.2 Å². The fourth-order valence-electron chi connectivity index (χ4n) is 7.50. The first kappa shape index (κ1) is 60.4. The van der Waals surface area contributed by atoms with E-state index in [1.807, 2.05) is 0 Å². The number of aliphatic hydroxyl groups excluding tert-OH is 5. The second-order valence-corrected chi connectivity index (χ2v) is 19.1. The van der Waals surface area contributed by atoms with Crippen LogP contribution in [0.3, 0.4) is 0 Å². The molecule has 6 N–H and O–H groups in total. The standard InChI is InChI=1S/C52H87O14P/c1-3-5-7-9-11-13-15-17-18-19-20-21-22-23-24-26-28-30-32-34-38-46(54)64-42(41-63-67(60,61)66-52-50(58)48(56)47(55)49(57)51(52)59)40-62-45(53)39-35-37-44-43(65-44)36-33-31-29-27-25-16-14-12-10-8-6-4-2/h12-15,18-19,21-22,25,27,31,33,42-44,47-52,55-59H,3-11,16-17,20,23-24,26,28-30,32,34-41H2,1-2H3,(H,60,61)/b14-12-,15-13-,19-18-,22-21-,27-25-,33-31-/t42-,43?,44?,47?,48-,49+,50-,51-,52?/m1/s1. The largest absolute Gasteiger partial charge is 0.472 e. The second kappa shape index (κ2) is 38.1. The average Bonchev–Trinajstić information content (AvgIpc) is 4.07. The van der Waals surface area contributed by atoms with Crippen LogP contribution < -0.4 is 0 Å². The minimum Gasteiger partial charge on any atom is -0.462 e. The third-order valence-electron chi connectivity index (χ3n) is 11.7. The number of esters is 2. The molecule has 5 unspecified atom stereocenters. The Morgan fingerprint density at radius 2 is 0.985 bits per heavy atom. The molecule has 15 heteroatoms. The van der Waals surface area contributed by atoms with Gasteiger partial charge in [0, 0.05) is 12.8 Å². The molecule has 0 amide bonds. The van der Waals surface area contributed by atoms with Crippen LogP contribution in [0.15, 0.2) is 72.9 Å². The van der Waals surface area contributed by atoms with Gasteiger partial charge in [-0.1, -0.05) is 145 Å². The highest BCUT2D eigenvalue weighted by Gasteiger charge is 2.51. The zero-order valence-electron chi connectivity index (χ0n) is 40.6. The Morgan fingerprint density at radius 3 is 1.55 bits per heavy atom. The number of phosphoric ester groups is 1. The van der Waals surface area contributed by atoms with E-state index in [1.54, 1.807) is 0 Å². The Bertz CT molecular complexity index is 1510. The Labute approximate surface area is 401 Å². The van der Waals surface area contributed by atoms with Crippen molar-refractivity contribution in [1.82, 2.24) is 0 Å². The van der Waals surface area contributed by atoms with E-state index < -0.39 is 75.7 Å². The molecule has 1 aliphatic heterocycles. The van der Waals surface area contributed by atoms with Crippen LogP contribution in [0.25, 0.3) is 0 Å². The zero-order valence-corrected chi connectivity index (χ0v) is 41.5. The van der Waals surface area contributed by atoms with E-state index >= 15 is 0 Å². The highest BCUT2D eigenvalue weighted by molar-refractivity contribution is 7.47. The molecule has 14 nitrogen and oxygen atoms in total. The van der Waals surface area contributed by atoms with Crippen LogP contribution in [0.5, 0.6) is 0 Å². The molecule has 0 aromatic carbocycles. The molecule has 67 heavy (non-hydrogen) atoms. The molecule has 10 atom stereocenters. The van der Waals surface area contributed by atoms with Gasteiger partial charge >= 0.3 is 19.8 Å². The van der Waals surface area contributed by atoms with Crippen molar-refractivity contribution in [3.63, 3.8) is 0 Å². The number of hydrogen-bond donors (Lipinski definition) is 6. The Balaban J connectivity index is 1.72. The van der Waals surface area contributed by atoms with Crippen LogP contribution in [0.4, 0.5) is 0 Å². The third-order valence-corrected chi connectivity index (χ3v) is 12.7. The van der Waals surface area contributed by atoms with Crippen molar-refractivity contribution < 1.29 is 67.8 Å². The molecule has 1 aliphatic carbocycles. The van der Waals surface area contributed by atoms with E-state index in [0.717, 1.165) is 77.0 Å². The predicted molar refractivity (Wildman–Crippen MR) is 262 cm³/mol. The minimum absolute atomic E-state index is 0.0561. The number of allylic oxidation sites excluding steroid dienone is 11. The van der Waals surface area contributed by atoms with Crippen LogP contribution in [0, 0.1) is 0 Å². The van der Waals surface area contributed by atoms with Crippen molar-refractivity contribution >= 4 is 19.8 Å². The Morgan fingerprint density at radius 1 is 0.537 bits per heavy atom. The summed E-state index contributed by atoms with van der Waals surface area (Å²) in [5, 5.41) is 50.3. The molecule has 0 bridgehead atoms. The Hall–Kier alpha value is -2.75. The van der Waals surface area contributed by atoms with E-state index in [9.17, 15) is 44.6 Å². The van der Waals surface area contributed by atoms with Crippen molar-refractivity contribution in [2.24, 2.45) is 0 Å². The molecule has 1 heterocycles. The van der Waals surface area contributed by atoms with Gasteiger partial charge in [0.25, 0.3) is 0 Å². The number of epoxide rings is 1. The fraction of sp³-hybridized carbons (Fsp3) is 0.731. The molecule has 0 radical (unpaired) electrons. The summed E-state index contributed by atoms with van der Waals surface area (Å²) in [6.07, 6.45) is 36.7. The van der Waals surface area contributed by atoms with Crippen molar-refractivity contribution in [3.05, 3.63) is 72.9 Å². The summed E-state index contributed by atoms with van der Waals surface area (Å²) in [7, 11) is -5.15. The molecule has 1 saturated carbocycles. The van der Waals surface area contributed by atoms with E-state index in [4.69, 9.17) is 23.3 Å². The number of carbonyl (C=O) groups is 2. The second-order valence-electron chi connectivity index (χ2n) is 17.7. The van der Waals surface area contributed by atoms with Crippen LogP contribution in [0.1, 0.15) is 174 Å². The first-order valence-corrected chi connectivity index (χ1v) is 26.9. The van der Waals surface area contributed by atoms with Gasteiger partial charge in [-0.3, -0.25) is 18.6 Å². The lowest BCUT2D eigenvalue weighted by atomic mass is 9.85. The van der Waals surface area contributed by atoms with E-state index in [2.05, 4.69) is 86.8 Å². The zero-order chi connectivity index (χ0) is 49.0. The number of carbonyl (C=O) groups excluding carboxylic acids is 2. The van der Waals surface area contributed by atoms with E-state index in [0.29, 0.717) is 19.3 Å². The lowest BCUT2D eigenvalue weighted by Gasteiger charge is -2.41. The Kier molecular flexibility index (Phi) is 34.3. The van der Waals surface area contributed by atoms with Gasteiger partial charge in [-0.05, 0) is 89.9 Å². The van der Waals surface area contributed by atoms with Gasteiger partial charge in [-0.2, -0.15) is 0 Å². The first-order chi connectivity index (χ1) is 32.4. The van der Waals surface area contributed by atoms with E-state index in [1.165, 1.54) is 51.4 Å². The maximum absolute atomic E-state index is 12.9. The third kappa shape index (κ3) is 29.8. The number of phosphoric acid groups is 1. The first-order valence-electron chi connectivity index (χ1n) is 25.4. The fourth-order valence-corrected chi connectivity index (χ4v) is 8.47. The van der Waals surface area contributed by atoms with Gasteiger partial charge in [0.15, 0.2) is 6.10 Å². The number of rotatable bonds is 40. The molecule has 2 fully saturated rings. The number of hydrogen-bond acceptors (Lipinski definition) is 13. The van der Waals surface area contributed by atoms with Gasteiger partial charge in [0.05, 0.1) is 18.8 Å². The van der Waals surface area contributed by atoms with Gasteiger partial charge in [0.1, 0.15) is 43.2 Å². The minimum atomic E-state index is -5.15. The average molecular weight is 967 g/mol. The lowest BCUT2D eigenvalue weighted by Crippen LogP contribution is -2.64. The molecular formula is C52H87O14P. The van der Waals surface area contributed by atoms with Gasteiger partial charge in [-0.25, -0.2) is 4.57 Å². The highest BCUT2D eigenvalue weighted by Crippen LogP contribution is 2.47. The number of ether oxygens (including phenoxy) is 3. The maximum Gasteiger partial charge on any atom is 0.472 e. The van der Waals surface area contributed by atoms with Gasteiger partial charge < -0.3 is 44.6 Å². The van der Waals surface area contributed by atoms with Crippen LogP contribution in [-0.2, 0) is 37.4 Å². The molecule has 2 aliphatic rings. The van der Waals surface area contributed by atoms with Crippen LogP contribution in [-0.4, -0.2) is 111 Å². The summed E-state index contributed by atoms with van der Waals surface area (Å²) in [6.45, 7) is 3.18. The van der Waals surface area contributed by atoms with Crippen LogP contribution in [0.2, 0.25) is 0 Å². The van der Waals surface area contributed by atoms with Gasteiger partial charge in [0.2, 0.25) is 0 Å². The number of unbranched alkanes of at least 4 members (excludes halogenated alkanes) is 13. The molecule has 1 saturated heterocycles. The normalized spacial score (nSPS) is 24.8. The summed E-state index contributed by atoms with van der Waals surface area (Å²) in [5.74, 6) is -1.19. The predicted octanol–water partition coefficient (Wildman–Crippen LogP) is 9.66. The van der Waals surface area contributed by atoms with Crippen LogP contribution >= 0.6 is 7.82 Å². The maximum atomic E-state index is 12.9. The van der Waals surface area contributed by atoms with Gasteiger partial charge in [-0.15, -0.1) is 0 Å². The smallest absolute Gasteiger partial charge is 0.462 e. The SMILES string of the molecule is CCCCC/C=C\C/C=C\C/C=C\CC1OC1CCCC(=O)OC[C@H](COP(=O)(O)OC1[C@H](O)[C@H](O)C(O)[C@H](O)[C@H]1O)OC(=O)CCCCCCCC/C=C\C/C=C\C/C=C\CCCCCC. The lowest BCUT2D eigenvalue weighted by molar-refractivity contribution is -0.220. The monoisotopic (exact) mass is 967 g/mol. The highest BCUT2D eigenvalue weighted by atomic mass is 31.2.